The quantitative estimate of drug-likeness (QED) is 0.550. The van der Waals surface area contributed by atoms with Gasteiger partial charge in [0.05, 0.1) is 11.7 Å². The number of piperazine rings is 1. The number of benzene rings is 1. The van der Waals surface area contributed by atoms with Crippen LogP contribution in [-0.2, 0) is 19.5 Å². The van der Waals surface area contributed by atoms with Crippen LogP contribution in [0.1, 0.15) is 16.9 Å². The number of aromatic hydroxyl groups is 1. The van der Waals surface area contributed by atoms with E-state index in [4.69, 9.17) is 10.4 Å². The average molecular weight is 512 g/mol. The fourth-order valence-corrected chi connectivity index (χ4v) is 6.00. The maximum Gasteiger partial charge on any atom is 0.136 e. The minimum atomic E-state index is 0. The predicted octanol–water partition coefficient (Wildman–Crippen LogP) is 3.33. The number of hydrogen-bond donors (Lipinski definition) is 2. The number of aryl methyl sites for hydroxylation is 1. The van der Waals surface area contributed by atoms with Crippen molar-refractivity contribution in [2.24, 2.45) is 0 Å². The van der Waals surface area contributed by atoms with Crippen LogP contribution in [0.15, 0.2) is 30.6 Å². The fraction of sp³-hybridized carbons (Fsp3) is 0.478. The van der Waals surface area contributed by atoms with Crippen LogP contribution in [0.25, 0.3) is 10.2 Å². The van der Waals surface area contributed by atoms with Gasteiger partial charge in [0.15, 0.2) is 0 Å². The van der Waals surface area contributed by atoms with Crippen molar-refractivity contribution in [1.82, 2.24) is 19.4 Å². The van der Waals surface area contributed by atoms with Gasteiger partial charge in [-0.05, 0) is 44.1 Å². The maximum atomic E-state index is 9.71. The molecule has 2 aromatic heterocycles. The molecule has 3 aromatic rings. The van der Waals surface area contributed by atoms with E-state index >= 15 is 0 Å². The second-order valence-electron chi connectivity index (χ2n) is 8.66. The Labute approximate surface area is 211 Å². The molecule has 0 spiro atoms. The molecule has 4 heterocycles. The van der Waals surface area contributed by atoms with Gasteiger partial charge in [0.2, 0.25) is 0 Å². The van der Waals surface area contributed by atoms with Crippen molar-refractivity contribution < 1.29 is 5.11 Å². The van der Waals surface area contributed by atoms with E-state index in [-0.39, 0.29) is 24.8 Å². The zero-order chi connectivity index (χ0) is 21.4. The number of fused-ring (bicyclic) bond motifs is 3. The molecular formula is C23H32Cl2N6OS. The summed E-state index contributed by atoms with van der Waals surface area (Å²) in [5.41, 5.74) is 3.08. The molecule has 0 bridgehead atoms. The zero-order valence-electron chi connectivity index (χ0n) is 18.9. The van der Waals surface area contributed by atoms with Gasteiger partial charge in [0.25, 0.3) is 0 Å². The van der Waals surface area contributed by atoms with Crippen LogP contribution in [0.4, 0.5) is 5.69 Å². The fourth-order valence-electron chi connectivity index (χ4n) is 4.73. The highest BCUT2D eigenvalue weighted by atomic mass is 35.5. The normalized spacial score (nSPS) is 16.8. The molecule has 0 radical (unpaired) electrons. The Hall–Kier alpha value is -1.84. The van der Waals surface area contributed by atoms with Crippen LogP contribution in [0.2, 0.25) is 0 Å². The van der Waals surface area contributed by atoms with Crippen molar-refractivity contribution in [1.29, 1.82) is 5.41 Å². The van der Waals surface area contributed by atoms with Crippen LogP contribution < -0.4 is 10.4 Å². The molecule has 0 amide bonds. The van der Waals surface area contributed by atoms with Crippen molar-refractivity contribution in [2.75, 3.05) is 51.2 Å². The van der Waals surface area contributed by atoms with Gasteiger partial charge < -0.3 is 19.5 Å². The summed E-state index contributed by atoms with van der Waals surface area (Å²) in [4.78, 5) is 14.3. The molecule has 180 valence electrons. The lowest BCUT2D eigenvalue weighted by atomic mass is 10.1. The van der Waals surface area contributed by atoms with Gasteiger partial charge in [0, 0.05) is 62.4 Å². The smallest absolute Gasteiger partial charge is 0.136 e. The highest BCUT2D eigenvalue weighted by Crippen LogP contribution is 2.31. The Morgan fingerprint density at radius 1 is 1.09 bits per heavy atom. The highest BCUT2D eigenvalue weighted by molar-refractivity contribution is 7.18. The largest absolute Gasteiger partial charge is 0.508 e. The van der Waals surface area contributed by atoms with Crippen LogP contribution in [0.5, 0.6) is 5.75 Å². The monoisotopic (exact) mass is 510 g/mol. The molecule has 2 aliphatic rings. The minimum absolute atomic E-state index is 0. The standard InChI is InChI=1S/C23H30N6OS.2ClH/c1-26-9-6-19-20(15-26)31-23-21(19)22(24)29(16-25-23)8-3-7-27-10-12-28(13-11-27)17-4-2-5-18(30)14-17;;/h2,4-5,14,16,24,30H,3,6-13,15H2,1H3;2*1H. The van der Waals surface area contributed by atoms with Gasteiger partial charge in [-0.3, -0.25) is 10.3 Å². The van der Waals surface area contributed by atoms with E-state index in [1.807, 2.05) is 23.0 Å². The van der Waals surface area contributed by atoms with Crippen molar-refractivity contribution in [3.8, 4) is 5.75 Å². The van der Waals surface area contributed by atoms with E-state index in [1.165, 1.54) is 10.4 Å². The number of nitrogens with one attached hydrogen (secondary N) is 1. The van der Waals surface area contributed by atoms with Gasteiger partial charge in [-0.25, -0.2) is 4.98 Å². The molecule has 7 nitrogen and oxygen atoms in total. The van der Waals surface area contributed by atoms with Crippen molar-refractivity contribution in [2.45, 2.75) is 25.9 Å². The molecule has 33 heavy (non-hydrogen) atoms. The number of likely N-dealkylation sites (N-methyl/N-ethyl adjacent to an activating group) is 1. The minimum Gasteiger partial charge on any atom is -0.508 e. The number of halogens is 2. The van der Waals surface area contributed by atoms with E-state index in [0.717, 1.165) is 81.1 Å². The summed E-state index contributed by atoms with van der Waals surface area (Å²) < 4.78 is 2.02. The molecule has 0 saturated carbocycles. The Balaban J connectivity index is 0.00000153. The third kappa shape index (κ3) is 5.46. The molecule has 0 unspecified atom stereocenters. The summed E-state index contributed by atoms with van der Waals surface area (Å²) in [5.74, 6) is 0.327. The lowest BCUT2D eigenvalue weighted by Crippen LogP contribution is -2.46. The number of rotatable bonds is 5. The van der Waals surface area contributed by atoms with Crippen LogP contribution in [0, 0.1) is 5.41 Å². The molecule has 2 aliphatic heterocycles. The van der Waals surface area contributed by atoms with E-state index < -0.39 is 0 Å². The number of phenols is 1. The average Bonchev–Trinajstić information content (AvgIpc) is 3.14. The molecule has 1 aromatic carbocycles. The first-order chi connectivity index (χ1) is 15.1. The molecular weight excluding hydrogens is 479 g/mol. The summed E-state index contributed by atoms with van der Waals surface area (Å²) in [5, 5.41) is 19.6. The second-order valence-corrected chi connectivity index (χ2v) is 9.74. The first kappa shape index (κ1) is 25.8. The van der Waals surface area contributed by atoms with Crippen LogP contribution in [-0.4, -0.2) is 70.8 Å². The first-order valence-corrected chi connectivity index (χ1v) is 11.9. The highest BCUT2D eigenvalue weighted by Gasteiger charge is 2.21. The predicted molar refractivity (Wildman–Crippen MR) is 139 cm³/mol. The summed E-state index contributed by atoms with van der Waals surface area (Å²) in [6, 6.07) is 7.52. The Morgan fingerprint density at radius 3 is 2.64 bits per heavy atom. The summed E-state index contributed by atoms with van der Waals surface area (Å²) in [6.45, 7) is 7.90. The van der Waals surface area contributed by atoms with E-state index in [9.17, 15) is 5.11 Å². The summed E-state index contributed by atoms with van der Waals surface area (Å²) in [7, 11) is 2.16. The molecule has 10 heteroatoms. The Morgan fingerprint density at radius 2 is 1.88 bits per heavy atom. The molecule has 5 rings (SSSR count). The molecule has 1 fully saturated rings. The van der Waals surface area contributed by atoms with Crippen molar-refractivity contribution in [3.63, 3.8) is 0 Å². The van der Waals surface area contributed by atoms with E-state index in [1.54, 1.807) is 17.4 Å². The molecule has 1 saturated heterocycles. The van der Waals surface area contributed by atoms with E-state index in [2.05, 4.69) is 27.8 Å². The number of aromatic nitrogens is 2. The lowest BCUT2D eigenvalue weighted by molar-refractivity contribution is 0.250. The van der Waals surface area contributed by atoms with E-state index in [0.29, 0.717) is 11.2 Å². The van der Waals surface area contributed by atoms with Gasteiger partial charge in [-0.2, -0.15) is 0 Å². The number of thiophene rings is 1. The zero-order valence-corrected chi connectivity index (χ0v) is 21.3. The Bertz CT molecular complexity index is 1140. The van der Waals surface area contributed by atoms with Crippen molar-refractivity contribution in [3.05, 3.63) is 46.5 Å². The number of phenolic OH excluding ortho intramolecular Hbond substituents is 1. The topological polar surface area (TPSA) is 71.6 Å². The Kier molecular flexibility index (Phi) is 8.64. The first-order valence-electron chi connectivity index (χ1n) is 11.1. The van der Waals surface area contributed by atoms with Gasteiger partial charge >= 0.3 is 0 Å². The lowest BCUT2D eigenvalue weighted by Gasteiger charge is -2.36. The van der Waals surface area contributed by atoms with Crippen LogP contribution in [0.3, 0.4) is 0 Å². The van der Waals surface area contributed by atoms with Crippen molar-refractivity contribution >= 4 is 52.1 Å². The van der Waals surface area contributed by atoms with Gasteiger partial charge in [0.1, 0.15) is 16.1 Å². The third-order valence-electron chi connectivity index (χ3n) is 6.51. The van der Waals surface area contributed by atoms with Crippen LogP contribution >= 0.6 is 36.2 Å². The number of hydrogen-bond acceptors (Lipinski definition) is 7. The molecule has 0 aliphatic carbocycles. The summed E-state index contributed by atoms with van der Waals surface area (Å²) in [6.07, 6.45) is 3.90. The second kappa shape index (κ2) is 11.1. The maximum absolute atomic E-state index is 9.71. The summed E-state index contributed by atoms with van der Waals surface area (Å²) >= 11 is 1.76. The van der Waals surface area contributed by atoms with Gasteiger partial charge in [-0.15, -0.1) is 36.2 Å². The number of nitrogens with zero attached hydrogens (tertiary/aromatic N) is 5. The number of anilines is 1. The third-order valence-corrected chi connectivity index (χ3v) is 7.63. The molecule has 0 atom stereocenters. The van der Waals surface area contributed by atoms with Gasteiger partial charge in [-0.1, -0.05) is 6.07 Å². The molecule has 2 N–H and O–H groups in total. The SMILES string of the molecule is CN1CCc2c(sc3ncn(CCCN4CCN(c5cccc(O)c5)CC4)c(=N)c23)C1.Cl.Cl.